The number of rotatable bonds is 9. The largest absolute Gasteiger partial charge is 0.449 e. The second-order valence-electron chi connectivity index (χ2n) is 6.52. The molecule has 1 atom stereocenters. The Morgan fingerprint density at radius 1 is 1.00 bits per heavy atom. The van der Waals surface area contributed by atoms with Gasteiger partial charge in [0, 0.05) is 6.54 Å². The third kappa shape index (κ3) is 8.20. The van der Waals surface area contributed by atoms with Crippen molar-refractivity contribution >= 4 is 11.9 Å². The summed E-state index contributed by atoms with van der Waals surface area (Å²) in [6.07, 6.45) is -4.95. The molecular weight excluding hydrogens is 406 g/mol. The van der Waals surface area contributed by atoms with E-state index in [-0.39, 0.29) is 18.0 Å². The summed E-state index contributed by atoms with van der Waals surface area (Å²) in [6, 6.07) is 11.5. The molecule has 0 bridgehead atoms. The Bertz CT molecular complexity index is 836. The summed E-state index contributed by atoms with van der Waals surface area (Å²) in [7, 11) is 0. The van der Waals surface area contributed by atoms with Crippen LogP contribution in [0.5, 0.6) is 0 Å². The predicted molar refractivity (Wildman–Crippen MR) is 100 cm³/mol. The van der Waals surface area contributed by atoms with Gasteiger partial charge in [-0.1, -0.05) is 24.3 Å². The number of nitrogens with one attached hydrogen (secondary N) is 1. The fraction of sp³-hybridized carbons (Fsp3) is 0.333. The molecule has 0 spiro atoms. The van der Waals surface area contributed by atoms with Gasteiger partial charge in [-0.3, -0.25) is 4.79 Å². The fourth-order valence-electron chi connectivity index (χ4n) is 2.43. The molecule has 30 heavy (non-hydrogen) atoms. The Hall–Kier alpha value is -2.94. The van der Waals surface area contributed by atoms with Gasteiger partial charge < -0.3 is 14.8 Å². The molecule has 1 amide bonds. The summed E-state index contributed by atoms with van der Waals surface area (Å²) in [5.74, 6) is -1.56. The second kappa shape index (κ2) is 10.7. The summed E-state index contributed by atoms with van der Waals surface area (Å²) in [5.41, 5.74) is 1.46. The third-order valence-corrected chi connectivity index (χ3v) is 4.00. The van der Waals surface area contributed by atoms with Gasteiger partial charge in [-0.2, -0.15) is 13.2 Å². The van der Waals surface area contributed by atoms with E-state index in [0.29, 0.717) is 18.5 Å². The van der Waals surface area contributed by atoms with Gasteiger partial charge in [0.2, 0.25) is 0 Å². The number of esters is 1. The smallest absolute Gasteiger partial charge is 0.411 e. The van der Waals surface area contributed by atoms with Crippen LogP contribution in [0.1, 0.15) is 28.4 Å². The molecule has 2 aromatic rings. The van der Waals surface area contributed by atoms with Gasteiger partial charge in [0.1, 0.15) is 12.4 Å². The number of carbonyl (C=O) groups is 2. The zero-order valence-electron chi connectivity index (χ0n) is 16.2. The fourth-order valence-corrected chi connectivity index (χ4v) is 2.43. The first-order chi connectivity index (χ1) is 14.1. The molecule has 0 aliphatic heterocycles. The Labute approximate surface area is 171 Å². The van der Waals surface area contributed by atoms with Gasteiger partial charge in [-0.05, 0) is 48.7 Å². The van der Waals surface area contributed by atoms with Crippen LogP contribution in [0.15, 0.2) is 48.5 Å². The first-order valence-electron chi connectivity index (χ1n) is 9.10. The van der Waals surface area contributed by atoms with E-state index in [2.05, 4.69) is 10.1 Å². The van der Waals surface area contributed by atoms with Crippen LogP contribution in [0, 0.1) is 5.82 Å². The molecule has 1 N–H and O–H groups in total. The van der Waals surface area contributed by atoms with Gasteiger partial charge in [0.25, 0.3) is 5.91 Å². The standard InChI is InChI=1S/C21H21F4NO4/c1-14(19(27)26-11-10-15-4-8-18(22)9-5-15)30-20(28)17-6-2-16(3-7-17)12-29-13-21(23,24)25/h2-9,14H,10-13H2,1H3,(H,26,27). The monoisotopic (exact) mass is 427 g/mol. The number of amides is 1. The van der Waals surface area contributed by atoms with Gasteiger partial charge in [-0.15, -0.1) is 0 Å². The molecule has 1 unspecified atom stereocenters. The lowest BCUT2D eigenvalue weighted by atomic mass is 10.1. The second-order valence-corrected chi connectivity index (χ2v) is 6.52. The Kier molecular flexibility index (Phi) is 8.35. The molecule has 0 fully saturated rings. The van der Waals surface area contributed by atoms with E-state index in [1.807, 2.05) is 0 Å². The van der Waals surface area contributed by atoms with Crippen molar-refractivity contribution in [3.8, 4) is 0 Å². The number of carbonyl (C=O) groups excluding carboxylic acids is 2. The molecule has 0 saturated heterocycles. The highest BCUT2D eigenvalue weighted by atomic mass is 19.4. The SMILES string of the molecule is CC(OC(=O)c1ccc(COCC(F)(F)F)cc1)C(=O)NCCc1ccc(F)cc1. The molecular formula is C21H21F4NO4. The summed E-state index contributed by atoms with van der Waals surface area (Å²) >= 11 is 0. The maximum Gasteiger partial charge on any atom is 0.411 e. The molecule has 0 radical (unpaired) electrons. The minimum atomic E-state index is -4.40. The van der Waals surface area contributed by atoms with Crippen molar-refractivity contribution in [3.63, 3.8) is 0 Å². The van der Waals surface area contributed by atoms with Crippen molar-refractivity contribution in [2.24, 2.45) is 0 Å². The highest BCUT2D eigenvalue weighted by Crippen LogP contribution is 2.16. The van der Waals surface area contributed by atoms with Crippen molar-refractivity contribution < 1.29 is 36.6 Å². The lowest BCUT2D eigenvalue weighted by molar-refractivity contribution is -0.176. The molecule has 0 aromatic heterocycles. The number of benzene rings is 2. The summed E-state index contributed by atoms with van der Waals surface area (Å²) in [4.78, 5) is 24.2. The molecule has 162 valence electrons. The van der Waals surface area contributed by atoms with Gasteiger partial charge in [0.05, 0.1) is 12.2 Å². The molecule has 0 aliphatic rings. The van der Waals surface area contributed by atoms with E-state index >= 15 is 0 Å². The minimum absolute atomic E-state index is 0.153. The average molecular weight is 427 g/mol. The van der Waals surface area contributed by atoms with Crippen LogP contribution in [-0.4, -0.2) is 37.3 Å². The molecule has 2 aromatic carbocycles. The van der Waals surface area contributed by atoms with Gasteiger partial charge in [0.15, 0.2) is 6.10 Å². The summed E-state index contributed by atoms with van der Waals surface area (Å²) in [6.45, 7) is 0.107. The van der Waals surface area contributed by atoms with Crippen molar-refractivity contribution in [1.29, 1.82) is 0 Å². The first kappa shape index (κ1) is 23.3. The summed E-state index contributed by atoms with van der Waals surface area (Å²) < 4.78 is 58.7. The predicted octanol–water partition coefficient (Wildman–Crippen LogP) is 3.81. The van der Waals surface area contributed by atoms with Crippen molar-refractivity contribution in [2.45, 2.75) is 32.2 Å². The number of ether oxygens (including phenoxy) is 2. The normalized spacial score (nSPS) is 12.3. The van der Waals surface area contributed by atoms with Crippen molar-refractivity contribution in [3.05, 3.63) is 71.0 Å². The number of hydrogen-bond acceptors (Lipinski definition) is 4. The quantitative estimate of drug-likeness (QED) is 0.488. The van der Waals surface area contributed by atoms with Gasteiger partial charge in [-0.25, -0.2) is 9.18 Å². The highest BCUT2D eigenvalue weighted by Gasteiger charge is 2.27. The van der Waals surface area contributed by atoms with E-state index in [1.165, 1.54) is 43.3 Å². The van der Waals surface area contributed by atoms with E-state index < -0.39 is 30.8 Å². The Balaban J connectivity index is 1.75. The van der Waals surface area contributed by atoms with E-state index in [1.54, 1.807) is 12.1 Å². The molecule has 9 heteroatoms. The van der Waals surface area contributed by atoms with Crippen LogP contribution >= 0.6 is 0 Å². The molecule has 2 rings (SSSR count). The third-order valence-electron chi connectivity index (χ3n) is 4.00. The maximum atomic E-state index is 12.9. The zero-order valence-corrected chi connectivity index (χ0v) is 16.2. The van der Waals surface area contributed by atoms with Gasteiger partial charge >= 0.3 is 12.1 Å². The lowest BCUT2D eigenvalue weighted by Crippen LogP contribution is -2.36. The van der Waals surface area contributed by atoms with Crippen LogP contribution in [0.4, 0.5) is 17.6 Å². The summed E-state index contributed by atoms with van der Waals surface area (Å²) in [5, 5.41) is 2.63. The average Bonchev–Trinajstić information content (AvgIpc) is 2.69. The Morgan fingerprint density at radius 2 is 1.60 bits per heavy atom. The zero-order chi connectivity index (χ0) is 22.1. The highest BCUT2D eigenvalue weighted by molar-refractivity contribution is 5.92. The van der Waals surface area contributed by atoms with E-state index in [0.717, 1.165) is 5.56 Å². The number of halogens is 4. The van der Waals surface area contributed by atoms with Crippen molar-refractivity contribution in [2.75, 3.05) is 13.2 Å². The molecule has 5 nitrogen and oxygen atoms in total. The number of alkyl halides is 3. The Morgan fingerprint density at radius 3 is 2.20 bits per heavy atom. The van der Waals surface area contributed by atoms with Crippen LogP contribution in [0.3, 0.4) is 0 Å². The molecule has 0 saturated carbocycles. The van der Waals surface area contributed by atoms with Crippen LogP contribution in [0.2, 0.25) is 0 Å². The molecule has 0 heterocycles. The van der Waals surface area contributed by atoms with E-state index in [9.17, 15) is 27.2 Å². The topological polar surface area (TPSA) is 64.6 Å². The van der Waals surface area contributed by atoms with Crippen molar-refractivity contribution in [1.82, 2.24) is 5.32 Å². The number of hydrogen-bond donors (Lipinski definition) is 1. The lowest BCUT2D eigenvalue weighted by Gasteiger charge is -2.14. The maximum absolute atomic E-state index is 12.9. The van der Waals surface area contributed by atoms with Crippen LogP contribution in [-0.2, 0) is 27.3 Å². The van der Waals surface area contributed by atoms with E-state index in [4.69, 9.17) is 4.74 Å². The van der Waals surface area contributed by atoms with Crippen LogP contribution in [0.25, 0.3) is 0 Å². The minimum Gasteiger partial charge on any atom is -0.449 e. The molecule has 0 aliphatic carbocycles. The van der Waals surface area contributed by atoms with Crippen LogP contribution < -0.4 is 5.32 Å². The first-order valence-corrected chi connectivity index (χ1v) is 9.10.